The van der Waals surface area contributed by atoms with E-state index in [4.69, 9.17) is 9.47 Å². The minimum atomic E-state index is 0.0147. The first-order valence-corrected chi connectivity index (χ1v) is 9.69. The third-order valence-electron chi connectivity index (χ3n) is 5.33. The Hall–Kier alpha value is -3.35. The lowest BCUT2D eigenvalue weighted by Crippen LogP contribution is -2.37. The molecule has 2 aromatic carbocycles. The van der Waals surface area contributed by atoms with Crippen molar-refractivity contribution in [3.63, 3.8) is 0 Å². The van der Waals surface area contributed by atoms with Gasteiger partial charge in [-0.3, -0.25) is 4.79 Å². The van der Waals surface area contributed by atoms with Gasteiger partial charge in [0.2, 0.25) is 0 Å². The zero-order valence-electron chi connectivity index (χ0n) is 16.6. The molecule has 0 aliphatic carbocycles. The maximum atomic E-state index is 13.4. The summed E-state index contributed by atoms with van der Waals surface area (Å²) in [6, 6.07) is 13.5. The van der Waals surface area contributed by atoms with Crippen molar-refractivity contribution in [2.75, 3.05) is 20.8 Å². The number of carbonyl (C=O) groups excluding carboxylic acids is 1. The fraction of sp³-hybridized carbons (Fsp3) is 0.318. The van der Waals surface area contributed by atoms with E-state index in [0.717, 1.165) is 31.4 Å². The molecule has 1 amide bonds. The summed E-state index contributed by atoms with van der Waals surface area (Å²) in [4.78, 5) is 16.9. The van der Waals surface area contributed by atoms with Gasteiger partial charge in [-0.15, -0.1) is 0 Å². The van der Waals surface area contributed by atoms with Crippen LogP contribution in [-0.4, -0.2) is 52.6 Å². The van der Waals surface area contributed by atoms with Crippen LogP contribution in [0, 0.1) is 0 Å². The molecule has 150 valence electrons. The van der Waals surface area contributed by atoms with Crippen LogP contribution >= 0.6 is 0 Å². The number of hydrogen-bond donors (Lipinski definition) is 0. The van der Waals surface area contributed by atoms with Gasteiger partial charge in [-0.1, -0.05) is 18.2 Å². The van der Waals surface area contributed by atoms with Gasteiger partial charge in [-0.25, -0.2) is 0 Å². The molecule has 1 saturated heterocycles. The maximum Gasteiger partial charge on any atom is 0.256 e. The SMILES string of the molecule is COc1ccc(C[C@@H]2CCCN2C(=O)c2ccccc2-n2nccn2)cc1OC. The molecule has 0 saturated carbocycles. The molecule has 1 fully saturated rings. The second-order valence-electron chi connectivity index (χ2n) is 7.02. The Morgan fingerprint density at radius 1 is 1.07 bits per heavy atom. The van der Waals surface area contributed by atoms with Crippen molar-refractivity contribution in [2.45, 2.75) is 25.3 Å². The summed E-state index contributed by atoms with van der Waals surface area (Å²) in [7, 11) is 3.26. The fourth-order valence-electron chi connectivity index (χ4n) is 3.92. The molecule has 1 aromatic heterocycles. The third kappa shape index (κ3) is 3.81. The number of para-hydroxylation sites is 1. The van der Waals surface area contributed by atoms with Crippen LogP contribution in [0.25, 0.3) is 5.69 Å². The maximum absolute atomic E-state index is 13.4. The number of ether oxygens (including phenoxy) is 2. The highest BCUT2D eigenvalue weighted by atomic mass is 16.5. The zero-order valence-corrected chi connectivity index (χ0v) is 16.6. The van der Waals surface area contributed by atoms with Crippen LogP contribution < -0.4 is 9.47 Å². The summed E-state index contributed by atoms with van der Waals surface area (Å²) in [5.74, 6) is 1.42. The van der Waals surface area contributed by atoms with Crippen LogP contribution in [-0.2, 0) is 6.42 Å². The Bertz CT molecular complexity index is 987. The van der Waals surface area contributed by atoms with E-state index in [1.165, 1.54) is 4.80 Å². The quantitative estimate of drug-likeness (QED) is 0.645. The molecule has 0 bridgehead atoms. The van der Waals surface area contributed by atoms with Crippen LogP contribution in [0.1, 0.15) is 28.8 Å². The highest BCUT2D eigenvalue weighted by molar-refractivity contribution is 5.98. The molecule has 7 nitrogen and oxygen atoms in total. The lowest BCUT2D eigenvalue weighted by Gasteiger charge is -2.26. The standard InChI is InChI=1S/C22H24N4O3/c1-28-20-10-9-16(15-21(20)29-2)14-17-6-5-13-25(17)22(27)18-7-3-4-8-19(18)26-23-11-12-24-26/h3-4,7-12,15,17H,5-6,13-14H2,1-2H3/t17-/m0/s1. The van der Waals surface area contributed by atoms with E-state index >= 15 is 0 Å². The average Bonchev–Trinajstić information content (AvgIpc) is 3.45. The highest BCUT2D eigenvalue weighted by Gasteiger charge is 2.31. The highest BCUT2D eigenvalue weighted by Crippen LogP contribution is 2.30. The topological polar surface area (TPSA) is 69.5 Å². The second-order valence-corrected chi connectivity index (χ2v) is 7.02. The van der Waals surface area contributed by atoms with Crippen LogP contribution in [0.5, 0.6) is 11.5 Å². The number of carbonyl (C=O) groups is 1. The van der Waals surface area contributed by atoms with Gasteiger partial charge in [0.05, 0.1) is 37.9 Å². The Labute approximate surface area is 169 Å². The van der Waals surface area contributed by atoms with E-state index < -0.39 is 0 Å². The smallest absolute Gasteiger partial charge is 0.256 e. The molecule has 7 heteroatoms. The average molecular weight is 392 g/mol. The van der Waals surface area contributed by atoms with Crippen LogP contribution in [0.2, 0.25) is 0 Å². The van der Waals surface area contributed by atoms with Crippen molar-refractivity contribution in [3.05, 3.63) is 66.0 Å². The predicted molar refractivity (Wildman–Crippen MR) is 109 cm³/mol. The Kier molecular flexibility index (Phi) is 5.46. The fourth-order valence-corrected chi connectivity index (χ4v) is 3.92. The number of benzene rings is 2. The van der Waals surface area contributed by atoms with Gasteiger partial charge in [0, 0.05) is 12.6 Å². The van der Waals surface area contributed by atoms with Gasteiger partial charge in [-0.2, -0.15) is 15.0 Å². The second kappa shape index (κ2) is 8.34. The largest absolute Gasteiger partial charge is 0.493 e. The molecule has 1 aliphatic rings. The van der Waals surface area contributed by atoms with Crippen molar-refractivity contribution in [1.29, 1.82) is 0 Å². The normalized spacial score (nSPS) is 16.1. The van der Waals surface area contributed by atoms with E-state index in [-0.39, 0.29) is 11.9 Å². The summed E-state index contributed by atoms with van der Waals surface area (Å²) < 4.78 is 10.7. The van der Waals surface area contributed by atoms with E-state index in [1.54, 1.807) is 26.6 Å². The minimum Gasteiger partial charge on any atom is -0.493 e. The first-order valence-electron chi connectivity index (χ1n) is 9.69. The monoisotopic (exact) mass is 392 g/mol. The van der Waals surface area contributed by atoms with Gasteiger partial charge in [0.1, 0.15) is 0 Å². The van der Waals surface area contributed by atoms with Crippen molar-refractivity contribution >= 4 is 5.91 Å². The van der Waals surface area contributed by atoms with E-state index in [1.807, 2.05) is 47.4 Å². The summed E-state index contributed by atoms with van der Waals surface area (Å²) >= 11 is 0. The zero-order chi connectivity index (χ0) is 20.2. The molecular weight excluding hydrogens is 368 g/mol. The number of aromatic nitrogens is 3. The number of methoxy groups -OCH3 is 2. The summed E-state index contributed by atoms with van der Waals surface area (Å²) in [5, 5.41) is 8.37. The molecule has 4 rings (SSSR count). The molecule has 0 spiro atoms. The number of hydrogen-bond acceptors (Lipinski definition) is 5. The van der Waals surface area contributed by atoms with Gasteiger partial charge in [0.25, 0.3) is 5.91 Å². The first kappa shape index (κ1) is 19.0. The molecule has 2 heterocycles. The van der Waals surface area contributed by atoms with Gasteiger partial charge in [-0.05, 0) is 49.1 Å². The minimum absolute atomic E-state index is 0.0147. The van der Waals surface area contributed by atoms with Crippen LogP contribution in [0.15, 0.2) is 54.9 Å². The lowest BCUT2D eigenvalue weighted by molar-refractivity contribution is 0.0736. The summed E-state index contributed by atoms with van der Waals surface area (Å²) in [6.07, 6.45) is 5.95. The number of nitrogens with zero attached hydrogens (tertiary/aromatic N) is 4. The van der Waals surface area contributed by atoms with Gasteiger partial charge in [0.15, 0.2) is 11.5 Å². The number of amides is 1. The van der Waals surface area contributed by atoms with Crippen molar-refractivity contribution in [1.82, 2.24) is 19.9 Å². The predicted octanol–water partition coefficient (Wildman–Crippen LogP) is 3.13. The molecule has 0 radical (unpaired) electrons. The molecule has 1 atom stereocenters. The molecule has 0 unspecified atom stereocenters. The Morgan fingerprint density at radius 2 is 1.83 bits per heavy atom. The summed E-state index contributed by atoms with van der Waals surface area (Å²) in [5.41, 5.74) is 2.43. The van der Waals surface area contributed by atoms with Crippen molar-refractivity contribution < 1.29 is 14.3 Å². The molecule has 0 N–H and O–H groups in total. The Balaban J connectivity index is 1.57. The lowest BCUT2D eigenvalue weighted by atomic mass is 10.0. The van der Waals surface area contributed by atoms with Gasteiger partial charge >= 0.3 is 0 Å². The van der Waals surface area contributed by atoms with E-state index in [2.05, 4.69) is 10.2 Å². The van der Waals surface area contributed by atoms with Crippen LogP contribution in [0.4, 0.5) is 0 Å². The van der Waals surface area contributed by atoms with Gasteiger partial charge < -0.3 is 14.4 Å². The number of rotatable bonds is 6. The number of likely N-dealkylation sites (tertiary alicyclic amines) is 1. The van der Waals surface area contributed by atoms with E-state index in [0.29, 0.717) is 22.7 Å². The Morgan fingerprint density at radius 3 is 2.59 bits per heavy atom. The molecule has 3 aromatic rings. The van der Waals surface area contributed by atoms with Crippen molar-refractivity contribution in [2.24, 2.45) is 0 Å². The molecule has 29 heavy (non-hydrogen) atoms. The van der Waals surface area contributed by atoms with Crippen molar-refractivity contribution in [3.8, 4) is 17.2 Å². The summed E-state index contributed by atoms with van der Waals surface area (Å²) in [6.45, 7) is 0.748. The first-order chi connectivity index (χ1) is 14.2. The third-order valence-corrected chi connectivity index (χ3v) is 5.33. The van der Waals surface area contributed by atoms with E-state index in [9.17, 15) is 4.79 Å². The van der Waals surface area contributed by atoms with Crippen LogP contribution in [0.3, 0.4) is 0 Å². The molecular formula is C22H24N4O3. The molecule has 1 aliphatic heterocycles.